The Hall–Kier alpha value is -1.69. The number of nitrogen functional groups attached to an aromatic ring is 1. The predicted molar refractivity (Wildman–Crippen MR) is 71.8 cm³/mol. The molecule has 1 saturated carbocycles. The van der Waals surface area contributed by atoms with Gasteiger partial charge in [-0.2, -0.15) is 0 Å². The lowest BCUT2D eigenvalue weighted by Crippen LogP contribution is -2.26. The first-order valence-electron chi connectivity index (χ1n) is 6.74. The number of nitrogens with one attached hydrogen (secondary N) is 1. The highest BCUT2D eigenvalue weighted by Gasteiger charge is 2.43. The van der Waals surface area contributed by atoms with Crippen molar-refractivity contribution in [2.24, 2.45) is 17.6 Å². The summed E-state index contributed by atoms with van der Waals surface area (Å²) in [6.45, 7) is 1.04. The summed E-state index contributed by atoms with van der Waals surface area (Å²) in [5.74, 6) is -1.37. The molecule has 0 amide bonds. The monoisotopic (exact) mass is 281 g/mol. The number of rotatable bonds is 2. The number of hydrogen-bond acceptors (Lipinski definition) is 3. The maximum absolute atomic E-state index is 14.1. The molecule has 0 spiro atoms. The van der Waals surface area contributed by atoms with Crippen LogP contribution in [0.25, 0.3) is 0 Å². The Bertz CT molecular complexity index is 540. The van der Waals surface area contributed by atoms with Gasteiger partial charge in [-0.05, 0) is 30.9 Å². The standard InChI is InChI=1S/C14H17F2N3O/c15-10-3-8(14(17)18)4-11(16)13(10)19-5-7-1-2-12(20)9(7)6-19/h3-4,7,9,12,20H,1-2,5-6H2,(H3,17,18). The Morgan fingerprint density at radius 2 is 1.90 bits per heavy atom. The molecule has 3 atom stereocenters. The zero-order chi connectivity index (χ0) is 14.4. The zero-order valence-electron chi connectivity index (χ0n) is 10.9. The Morgan fingerprint density at radius 1 is 1.25 bits per heavy atom. The number of nitrogens with two attached hydrogens (primary N) is 1. The van der Waals surface area contributed by atoms with E-state index in [0.717, 1.165) is 25.0 Å². The van der Waals surface area contributed by atoms with Gasteiger partial charge < -0.3 is 15.7 Å². The average molecular weight is 281 g/mol. The van der Waals surface area contributed by atoms with E-state index in [0.29, 0.717) is 19.0 Å². The highest BCUT2D eigenvalue weighted by Crippen LogP contribution is 2.41. The van der Waals surface area contributed by atoms with Gasteiger partial charge in [0.1, 0.15) is 23.2 Å². The van der Waals surface area contributed by atoms with Crippen molar-refractivity contribution in [2.45, 2.75) is 18.9 Å². The molecule has 1 aromatic carbocycles. The van der Waals surface area contributed by atoms with Crippen LogP contribution in [0.5, 0.6) is 0 Å². The SMILES string of the molecule is N=C(N)c1cc(F)c(N2CC3CCC(O)C3C2)c(F)c1. The highest BCUT2D eigenvalue weighted by molar-refractivity contribution is 5.95. The second kappa shape index (κ2) is 4.70. The van der Waals surface area contributed by atoms with Gasteiger partial charge in [0, 0.05) is 24.6 Å². The predicted octanol–water partition coefficient (Wildman–Crippen LogP) is 1.46. The Labute approximate surface area is 115 Å². The minimum Gasteiger partial charge on any atom is -0.393 e. The number of nitrogens with zero attached hydrogens (tertiary/aromatic N) is 1. The van der Waals surface area contributed by atoms with Crippen LogP contribution in [0.1, 0.15) is 18.4 Å². The number of amidine groups is 1. The Kier molecular flexibility index (Phi) is 3.12. The number of halogens is 2. The van der Waals surface area contributed by atoms with E-state index in [9.17, 15) is 13.9 Å². The van der Waals surface area contributed by atoms with Crippen molar-refractivity contribution in [3.05, 3.63) is 29.3 Å². The van der Waals surface area contributed by atoms with Crippen molar-refractivity contribution in [1.29, 1.82) is 5.41 Å². The average Bonchev–Trinajstić information content (AvgIpc) is 2.91. The van der Waals surface area contributed by atoms with E-state index in [-0.39, 0.29) is 29.1 Å². The molecule has 1 aliphatic carbocycles. The topological polar surface area (TPSA) is 73.3 Å². The third-order valence-electron chi connectivity index (χ3n) is 4.46. The molecule has 1 aromatic rings. The molecule has 1 saturated heterocycles. The second-order valence-corrected chi connectivity index (χ2v) is 5.68. The number of aliphatic hydroxyl groups excluding tert-OH is 1. The lowest BCUT2D eigenvalue weighted by molar-refractivity contribution is 0.133. The van der Waals surface area contributed by atoms with Gasteiger partial charge in [-0.3, -0.25) is 5.41 Å². The zero-order valence-corrected chi connectivity index (χ0v) is 10.9. The van der Waals surface area contributed by atoms with E-state index in [4.69, 9.17) is 11.1 Å². The minimum atomic E-state index is -0.704. The number of benzene rings is 1. The van der Waals surface area contributed by atoms with Gasteiger partial charge in [-0.15, -0.1) is 0 Å². The van der Waals surface area contributed by atoms with E-state index in [2.05, 4.69) is 0 Å². The molecule has 2 fully saturated rings. The fraction of sp³-hybridized carbons (Fsp3) is 0.500. The Balaban J connectivity index is 1.90. The van der Waals surface area contributed by atoms with E-state index < -0.39 is 11.6 Å². The van der Waals surface area contributed by atoms with Crippen LogP contribution in [-0.4, -0.2) is 30.1 Å². The van der Waals surface area contributed by atoms with E-state index in [1.807, 2.05) is 0 Å². The smallest absolute Gasteiger partial charge is 0.150 e. The number of anilines is 1. The molecule has 3 unspecified atom stereocenters. The summed E-state index contributed by atoms with van der Waals surface area (Å²) in [6.07, 6.45) is 1.31. The van der Waals surface area contributed by atoms with Gasteiger partial charge in [0.15, 0.2) is 0 Å². The van der Waals surface area contributed by atoms with Crippen molar-refractivity contribution in [1.82, 2.24) is 0 Å². The maximum Gasteiger partial charge on any atom is 0.150 e. The van der Waals surface area contributed by atoms with E-state index >= 15 is 0 Å². The van der Waals surface area contributed by atoms with Crippen LogP contribution < -0.4 is 10.6 Å². The molecule has 4 nitrogen and oxygen atoms in total. The third kappa shape index (κ3) is 2.04. The maximum atomic E-state index is 14.1. The van der Waals surface area contributed by atoms with Crippen LogP contribution in [0.15, 0.2) is 12.1 Å². The largest absolute Gasteiger partial charge is 0.393 e. The molecular weight excluding hydrogens is 264 g/mol. The van der Waals surface area contributed by atoms with Crippen LogP contribution in [0.4, 0.5) is 14.5 Å². The molecule has 0 radical (unpaired) electrons. The summed E-state index contributed by atoms with van der Waals surface area (Å²) in [5.41, 5.74) is 5.22. The lowest BCUT2D eigenvalue weighted by atomic mass is 10.00. The molecule has 4 N–H and O–H groups in total. The second-order valence-electron chi connectivity index (χ2n) is 5.68. The highest BCUT2D eigenvalue weighted by atomic mass is 19.1. The lowest BCUT2D eigenvalue weighted by Gasteiger charge is -2.22. The molecule has 3 rings (SSSR count). The van der Waals surface area contributed by atoms with Crippen molar-refractivity contribution in [3.8, 4) is 0 Å². The summed E-state index contributed by atoms with van der Waals surface area (Å²) in [5, 5.41) is 17.1. The Morgan fingerprint density at radius 3 is 2.45 bits per heavy atom. The number of fused-ring (bicyclic) bond motifs is 1. The van der Waals surface area contributed by atoms with Crippen molar-refractivity contribution in [3.63, 3.8) is 0 Å². The molecule has 6 heteroatoms. The van der Waals surface area contributed by atoms with Gasteiger partial charge in [0.25, 0.3) is 0 Å². The van der Waals surface area contributed by atoms with Gasteiger partial charge in [-0.25, -0.2) is 8.78 Å². The van der Waals surface area contributed by atoms with Gasteiger partial charge in [0.2, 0.25) is 0 Å². The van der Waals surface area contributed by atoms with Crippen LogP contribution >= 0.6 is 0 Å². The molecule has 2 aliphatic rings. The van der Waals surface area contributed by atoms with Crippen molar-refractivity contribution >= 4 is 11.5 Å². The fourth-order valence-electron chi connectivity index (χ4n) is 3.44. The quantitative estimate of drug-likeness (QED) is 0.567. The summed E-state index contributed by atoms with van der Waals surface area (Å²) in [7, 11) is 0. The van der Waals surface area contributed by atoms with Crippen LogP contribution in [0, 0.1) is 28.9 Å². The van der Waals surface area contributed by atoms with Crippen LogP contribution in [-0.2, 0) is 0 Å². The summed E-state index contributed by atoms with van der Waals surface area (Å²) < 4.78 is 28.2. The molecule has 108 valence electrons. The van der Waals surface area contributed by atoms with Crippen molar-refractivity contribution in [2.75, 3.05) is 18.0 Å². The van der Waals surface area contributed by atoms with Gasteiger partial charge in [-0.1, -0.05) is 0 Å². The molecular formula is C14H17F2N3O. The van der Waals surface area contributed by atoms with Crippen molar-refractivity contribution < 1.29 is 13.9 Å². The van der Waals surface area contributed by atoms with E-state index in [1.165, 1.54) is 0 Å². The molecule has 0 aromatic heterocycles. The summed E-state index contributed by atoms with van der Waals surface area (Å²) in [6, 6.07) is 2.18. The van der Waals surface area contributed by atoms with E-state index in [1.54, 1.807) is 4.90 Å². The molecule has 1 heterocycles. The van der Waals surface area contributed by atoms with Gasteiger partial charge >= 0.3 is 0 Å². The van der Waals surface area contributed by atoms with Crippen LogP contribution in [0.3, 0.4) is 0 Å². The summed E-state index contributed by atoms with van der Waals surface area (Å²) in [4.78, 5) is 1.66. The first-order chi connectivity index (χ1) is 9.47. The fourth-order valence-corrected chi connectivity index (χ4v) is 3.44. The minimum absolute atomic E-state index is 0.0446. The third-order valence-corrected chi connectivity index (χ3v) is 4.46. The number of aliphatic hydroxyl groups is 1. The normalized spacial score (nSPS) is 28.8. The number of hydrogen-bond donors (Lipinski definition) is 3. The summed E-state index contributed by atoms with van der Waals surface area (Å²) >= 11 is 0. The molecule has 0 bridgehead atoms. The first kappa shape index (κ1) is 13.3. The molecule has 1 aliphatic heterocycles. The molecule has 20 heavy (non-hydrogen) atoms. The van der Waals surface area contributed by atoms with Crippen LogP contribution in [0.2, 0.25) is 0 Å². The van der Waals surface area contributed by atoms with Gasteiger partial charge in [0.05, 0.1) is 6.10 Å². The first-order valence-corrected chi connectivity index (χ1v) is 6.74.